The lowest BCUT2D eigenvalue weighted by Gasteiger charge is -2.07. The van der Waals surface area contributed by atoms with E-state index in [4.69, 9.17) is 14.4 Å². The predicted molar refractivity (Wildman–Crippen MR) is 136 cm³/mol. The molecule has 36 heavy (non-hydrogen) atoms. The van der Waals surface area contributed by atoms with Crippen molar-refractivity contribution in [3.05, 3.63) is 59.4 Å². The molecular weight excluding hydrogens is 458 g/mol. The summed E-state index contributed by atoms with van der Waals surface area (Å²) in [5.41, 5.74) is 4.05. The van der Waals surface area contributed by atoms with E-state index < -0.39 is 5.97 Å². The molecule has 0 aliphatic rings. The molecule has 4 aromatic rings. The molecule has 4 rings (SSSR count). The molecule has 3 N–H and O–H groups in total. The van der Waals surface area contributed by atoms with Crippen LogP contribution in [0.4, 0.5) is 5.95 Å². The average molecular weight is 488 g/mol. The molecule has 0 saturated carbocycles. The van der Waals surface area contributed by atoms with Crippen LogP contribution in [0.5, 0.6) is 0 Å². The number of fused-ring (bicyclic) bond motifs is 1. The van der Waals surface area contributed by atoms with Crippen LogP contribution >= 0.6 is 0 Å². The Morgan fingerprint density at radius 1 is 1.19 bits per heavy atom. The second kappa shape index (κ2) is 12.0. The van der Waals surface area contributed by atoms with Crippen molar-refractivity contribution in [2.45, 2.75) is 33.1 Å². The first-order chi connectivity index (χ1) is 17.6. The third-order valence-electron chi connectivity index (χ3n) is 5.69. The maximum Gasteiger partial charge on any atom is 0.376 e. The normalized spacial score (nSPS) is 10.9. The van der Waals surface area contributed by atoms with Gasteiger partial charge in [0.2, 0.25) is 17.6 Å². The van der Waals surface area contributed by atoms with E-state index in [2.05, 4.69) is 36.6 Å². The molecule has 0 atom stereocenters. The monoisotopic (exact) mass is 487 g/mol. The summed E-state index contributed by atoms with van der Waals surface area (Å²) in [4.78, 5) is 28.0. The van der Waals surface area contributed by atoms with Gasteiger partial charge < -0.3 is 24.8 Å². The number of nitrogens with zero attached hydrogens (tertiary/aromatic N) is 4. The number of aromatic nitrogens is 4. The number of hydrogen-bond acceptors (Lipinski definition) is 9. The number of esters is 1. The number of rotatable bonds is 12. The summed E-state index contributed by atoms with van der Waals surface area (Å²) < 4.78 is 10.5. The lowest BCUT2D eigenvalue weighted by molar-refractivity contribution is 0.0490. The first-order valence-electron chi connectivity index (χ1n) is 12.0. The summed E-state index contributed by atoms with van der Waals surface area (Å²) in [5, 5.41) is 16.8. The molecule has 0 bridgehead atoms. The zero-order valence-corrected chi connectivity index (χ0v) is 20.4. The van der Waals surface area contributed by atoms with Gasteiger partial charge in [0.25, 0.3) is 0 Å². The molecule has 10 nitrogen and oxygen atoms in total. The van der Waals surface area contributed by atoms with Crippen LogP contribution < -0.4 is 10.6 Å². The lowest BCUT2D eigenvalue weighted by atomic mass is 10.1. The highest BCUT2D eigenvalue weighted by atomic mass is 16.5. The minimum atomic E-state index is -0.535. The Balaban J connectivity index is 1.15. The van der Waals surface area contributed by atoms with E-state index in [1.165, 1.54) is 5.56 Å². The van der Waals surface area contributed by atoms with Gasteiger partial charge in [-0.25, -0.2) is 19.7 Å². The van der Waals surface area contributed by atoms with Crippen molar-refractivity contribution in [3.8, 4) is 17.5 Å². The zero-order chi connectivity index (χ0) is 25.3. The molecule has 3 aromatic heterocycles. The third-order valence-corrected chi connectivity index (χ3v) is 5.69. The fourth-order valence-electron chi connectivity index (χ4n) is 3.84. The number of carbonyl (C=O) groups excluding carboxylic acids is 1. The van der Waals surface area contributed by atoms with E-state index in [9.17, 15) is 4.79 Å². The number of aryl methyl sites for hydroxylation is 2. The second-order valence-corrected chi connectivity index (χ2v) is 8.27. The summed E-state index contributed by atoms with van der Waals surface area (Å²) in [6.07, 6.45) is 8.34. The van der Waals surface area contributed by atoms with Gasteiger partial charge in [-0.3, -0.25) is 0 Å². The highest BCUT2D eigenvalue weighted by Crippen LogP contribution is 2.22. The Labute approximate surface area is 209 Å². The van der Waals surface area contributed by atoms with E-state index in [1.54, 1.807) is 26.2 Å². The SMILES string of the molecule is CCOC(=O)c1oc(-c2cnc(NCCNCCCCc3c[nH]c4ccc(C#N)cc34)nc2)nc1C. The van der Waals surface area contributed by atoms with Crippen molar-refractivity contribution in [2.75, 3.05) is 31.6 Å². The Bertz CT molecular complexity index is 1350. The molecule has 10 heteroatoms. The van der Waals surface area contributed by atoms with Crippen molar-refractivity contribution >= 4 is 22.8 Å². The van der Waals surface area contributed by atoms with Crippen LogP contribution in [-0.4, -0.2) is 52.1 Å². The Morgan fingerprint density at radius 2 is 2.03 bits per heavy atom. The molecule has 3 heterocycles. The van der Waals surface area contributed by atoms with Crippen LogP contribution in [0.25, 0.3) is 22.4 Å². The Morgan fingerprint density at radius 3 is 2.81 bits per heavy atom. The molecule has 0 fully saturated rings. The number of unbranched alkanes of at least 4 members (excludes halogenated alkanes) is 1. The van der Waals surface area contributed by atoms with Gasteiger partial charge in [-0.05, 0) is 63.4 Å². The summed E-state index contributed by atoms with van der Waals surface area (Å²) in [6.45, 7) is 6.08. The van der Waals surface area contributed by atoms with Gasteiger partial charge >= 0.3 is 5.97 Å². The Hall–Kier alpha value is -4.23. The maximum atomic E-state index is 11.9. The van der Waals surface area contributed by atoms with Crippen molar-refractivity contribution in [1.82, 2.24) is 25.3 Å². The lowest BCUT2D eigenvalue weighted by Crippen LogP contribution is -2.23. The standard InChI is InChI=1S/C26H29N7O3/c1-3-35-25(34)23-17(2)33-24(36-23)20-15-31-26(32-16-20)29-11-10-28-9-5-4-6-19-14-30-22-8-7-18(13-27)12-21(19)22/h7-8,12,14-16,28,30H,3-6,9-11H2,1-2H3,(H,29,31,32). The number of ether oxygens (including phenoxy) is 1. The summed E-state index contributed by atoms with van der Waals surface area (Å²) in [5.74, 6) is 0.342. The molecule has 0 saturated heterocycles. The number of nitrogens with one attached hydrogen (secondary N) is 3. The zero-order valence-electron chi connectivity index (χ0n) is 20.4. The fourth-order valence-corrected chi connectivity index (χ4v) is 3.84. The highest BCUT2D eigenvalue weighted by Gasteiger charge is 2.19. The molecule has 0 unspecified atom stereocenters. The van der Waals surface area contributed by atoms with Gasteiger partial charge in [0, 0.05) is 42.6 Å². The highest BCUT2D eigenvalue weighted by molar-refractivity contribution is 5.88. The van der Waals surface area contributed by atoms with Crippen LogP contribution in [0.2, 0.25) is 0 Å². The van der Waals surface area contributed by atoms with E-state index in [1.807, 2.05) is 24.4 Å². The van der Waals surface area contributed by atoms with Gasteiger partial charge in [0.15, 0.2) is 0 Å². The van der Waals surface area contributed by atoms with Gasteiger partial charge in [-0.2, -0.15) is 5.26 Å². The number of H-pyrrole nitrogens is 1. The third kappa shape index (κ3) is 6.06. The second-order valence-electron chi connectivity index (χ2n) is 8.27. The molecule has 0 aliphatic heterocycles. The number of carbonyl (C=O) groups is 1. The summed E-state index contributed by atoms with van der Waals surface area (Å²) >= 11 is 0. The van der Waals surface area contributed by atoms with Crippen LogP contribution in [0, 0.1) is 18.3 Å². The van der Waals surface area contributed by atoms with E-state index in [-0.39, 0.29) is 18.3 Å². The molecule has 0 aliphatic carbocycles. The van der Waals surface area contributed by atoms with Gasteiger partial charge in [-0.15, -0.1) is 0 Å². The van der Waals surface area contributed by atoms with E-state index in [0.717, 1.165) is 43.3 Å². The first-order valence-corrected chi connectivity index (χ1v) is 12.0. The van der Waals surface area contributed by atoms with Crippen molar-refractivity contribution < 1.29 is 13.9 Å². The number of aromatic amines is 1. The molecular formula is C26H29N7O3. The van der Waals surface area contributed by atoms with Gasteiger partial charge in [0.05, 0.1) is 29.5 Å². The molecule has 186 valence electrons. The number of nitriles is 1. The van der Waals surface area contributed by atoms with Crippen molar-refractivity contribution in [2.24, 2.45) is 0 Å². The van der Waals surface area contributed by atoms with E-state index >= 15 is 0 Å². The molecule has 0 amide bonds. The largest absolute Gasteiger partial charge is 0.460 e. The molecule has 1 aromatic carbocycles. The summed E-state index contributed by atoms with van der Waals surface area (Å²) in [6, 6.07) is 7.95. The fraction of sp³-hybridized carbons (Fsp3) is 0.346. The number of oxazole rings is 1. The topological polar surface area (TPSA) is 142 Å². The predicted octanol–water partition coefficient (Wildman–Crippen LogP) is 3.99. The molecule has 0 spiro atoms. The number of anilines is 1. The van der Waals surface area contributed by atoms with Crippen LogP contribution in [0.1, 0.15) is 47.1 Å². The van der Waals surface area contributed by atoms with E-state index in [0.29, 0.717) is 29.3 Å². The minimum Gasteiger partial charge on any atom is -0.460 e. The minimum absolute atomic E-state index is 0.0923. The average Bonchev–Trinajstić information content (AvgIpc) is 3.49. The van der Waals surface area contributed by atoms with Gasteiger partial charge in [0.1, 0.15) is 0 Å². The van der Waals surface area contributed by atoms with Crippen LogP contribution in [0.15, 0.2) is 41.2 Å². The summed E-state index contributed by atoms with van der Waals surface area (Å²) in [7, 11) is 0. The van der Waals surface area contributed by atoms with Crippen LogP contribution in [0.3, 0.4) is 0 Å². The Kier molecular flexibility index (Phi) is 8.26. The smallest absolute Gasteiger partial charge is 0.376 e. The quantitative estimate of drug-likeness (QED) is 0.200. The number of hydrogen-bond donors (Lipinski definition) is 3. The maximum absolute atomic E-state index is 11.9. The van der Waals surface area contributed by atoms with Crippen molar-refractivity contribution in [3.63, 3.8) is 0 Å². The van der Waals surface area contributed by atoms with Gasteiger partial charge in [-0.1, -0.05) is 0 Å². The van der Waals surface area contributed by atoms with Crippen molar-refractivity contribution in [1.29, 1.82) is 5.26 Å². The first kappa shape index (κ1) is 24.9. The van der Waals surface area contributed by atoms with Crippen LogP contribution in [-0.2, 0) is 11.2 Å². The molecule has 0 radical (unpaired) electrons. The number of benzene rings is 1.